The van der Waals surface area contributed by atoms with Gasteiger partial charge in [0.05, 0.1) is 25.0 Å². The molecule has 1 aromatic carbocycles. The van der Waals surface area contributed by atoms with E-state index in [1.54, 1.807) is 18.2 Å². The van der Waals surface area contributed by atoms with Crippen LogP contribution in [0.15, 0.2) is 18.2 Å². The van der Waals surface area contributed by atoms with Crippen molar-refractivity contribution in [2.75, 3.05) is 18.6 Å². The molecule has 0 saturated carbocycles. The second-order valence-electron chi connectivity index (χ2n) is 5.43. The molecule has 1 aliphatic heterocycles. The van der Waals surface area contributed by atoms with Crippen molar-refractivity contribution >= 4 is 21.5 Å². The molecule has 6 nitrogen and oxygen atoms in total. The molecule has 1 aromatic rings. The Morgan fingerprint density at radius 2 is 2.09 bits per heavy atom. The van der Waals surface area contributed by atoms with Gasteiger partial charge in [-0.1, -0.05) is 0 Å². The molecule has 120 valence electrons. The molecule has 1 N–H and O–H groups in total. The summed E-state index contributed by atoms with van der Waals surface area (Å²) in [5, 5.41) is 2.72. The second-order valence-corrected chi connectivity index (χ2v) is 7.66. The fourth-order valence-corrected chi connectivity index (χ4v) is 4.17. The van der Waals surface area contributed by atoms with Gasteiger partial charge in [0.1, 0.15) is 5.75 Å². The van der Waals surface area contributed by atoms with Gasteiger partial charge >= 0.3 is 0 Å². The number of nitrogens with one attached hydrogen (secondary N) is 1. The lowest BCUT2D eigenvalue weighted by Crippen LogP contribution is -2.36. The van der Waals surface area contributed by atoms with E-state index in [0.29, 0.717) is 23.3 Å². The number of hydrogen-bond acceptors (Lipinski definition) is 5. The number of sulfone groups is 1. The lowest BCUT2D eigenvalue weighted by atomic mass is 10.0. The summed E-state index contributed by atoms with van der Waals surface area (Å²) in [6.45, 7) is 1.45. The maximum absolute atomic E-state index is 12.1. The van der Waals surface area contributed by atoms with Gasteiger partial charge < -0.3 is 10.1 Å². The van der Waals surface area contributed by atoms with Gasteiger partial charge in [0.15, 0.2) is 15.6 Å². The largest absolute Gasteiger partial charge is 0.496 e. The van der Waals surface area contributed by atoms with Crippen LogP contribution < -0.4 is 10.1 Å². The third-order valence-corrected chi connectivity index (χ3v) is 5.40. The minimum Gasteiger partial charge on any atom is -0.496 e. The topological polar surface area (TPSA) is 89.5 Å². The maximum Gasteiger partial charge on any atom is 0.224 e. The molecule has 0 spiro atoms. The highest BCUT2D eigenvalue weighted by atomic mass is 32.2. The zero-order valence-corrected chi connectivity index (χ0v) is 13.4. The molecule has 1 saturated heterocycles. The van der Waals surface area contributed by atoms with Gasteiger partial charge in [-0.15, -0.1) is 0 Å². The second kappa shape index (κ2) is 6.48. The molecule has 1 unspecified atom stereocenters. The van der Waals surface area contributed by atoms with Gasteiger partial charge in [0.2, 0.25) is 5.91 Å². The van der Waals surface area contributed by atoms with Crippen LogP contribution in [-0.4, -0.2) is 44.8 Å². The van der Waals surface area contributed by atoms with E-state index >= 15 is 0 Å². The number of methoxy groups -OCH3 is 1. The van der Waals surface area contributed by atoms with E-state index in [4.69, 9.17) is 4.74 Å². The van der Waals surface area contributed by atoms with Crippen LogP contribution in [-0.2, 0) is 21.1 Å². The van der Waals surface area contributed by atoms with Crippen LogP contribution in [0.4, 0.5) is 0 Å². The Morgan fingerprint density at radius 1 is 1.36 bits per heavy atom. The van der Waals surface area contributed by atoms with Crippen LogP contribution in [0.5, 0.6) is 5.75 Å². The SMILES string of the molecule is COc1ccc(C(C)=O)cc1CC(=O)NC1CCS(=O)(=O)C1. The molecule has 1 heterocycles. The lowest BCUT2D eigenvalue weighted by Gasteiger charge is -2.13. The van der Waals surface area contributed by atoms with Crippen LogP contribution in [0.1, 0.15) is 29.3 Å². The summed E-state index contributed by atoms with van der Waals surface area (Å²) in [6.07, 6.45) is 0.486. The van der Waals surface area contributed by atoms with E-state index in [9.17, 15) is 18.0 Å². The van der Waals surface area contributed by atoms with Crippen molar-refractivity contribution in [3.63, 3.8) is 0 Å². The van der Waals surface area contributed by atoms with E-state index in [1.165, 1.54) is 14.0 Å². The Hall–Kier alpha value is -1.89. The standard InChI is InChI=1S/C15H19NO5S/c1-10(17)11-3-4-14(21-2)12(7-11)8-15(18)16-13-5-6-22(19,20)9-13/h3-4,7,13H,5-6,8-9H2,1-2H3,(H,16,18). The molecular formula is C15H19NO5S. The van der Waals surface area contributed by atoms with Crippen LogP contribution >= 0.6 is 0 Å². The Balaban J connectivity index is 2.07. The molecule has 7 heteroatoms. The molecule has 2 rings (SSSR count). The van der Waals surface area contributed by atoms with E-state index in [2.05, 4.69) is 5.32 Å². The average Bonchev–Trinajstić information content (AvgIpc) is 2.77. The van der Waals surface area contributed by atoms with Crippen molar-refractivity contribution in [1.29, 1.82) is 0 Å². The summed E-state index contributed by atoms with van der Waals surface area (Å²) in [5.74, 6) is 0.260. The molecule has 1 fully saturated rings. The first-order valence-electron chi connectivity index (χ1n) is 6.98. The molecule has 0 radical (unpaired) electrons. The van der Waals surface area contributed by atoms with Gasteiger partial charge in [-0.25, -0.2) is 8.42 Å². The fourth-order valence-electron chi connectivity index (χ4n) is 2.50. The van der Waals surface area contributed by atoms with Crippen LogP contribution in [0.2, 0.25) is 0 Å². The van der Waals surface area contributed by atoms with Gasteiger partial charge in [0.25, 0.3) is 0 Å². The summed E-state index contributed by atoms with van der Waals surface area (Å²) >= 11 is 0. The highest BCUT2D eigenvalue weighted by Gasteiger charge is 2.29. The number of benzene rings is 1. The number of carbonyl (C=O) groups is 2. The molecule has 22 heavy (non-hydrogen) atoms. The van der Waals surface area contributed by atoms with Crippen molar-refractivity contribution in [2.24, 2.45) is 0 Å². The number of carbonyl (C=O) groups excluding carboxylic acids is 2. The van der Waals surface area contributed by atoms with Gasteiger partial charge in [0, 0.05) is 17.2 Å². The van der Waals surface area contributed by atoms with Crippen molar-refractivity contribution in [1.82, 2.24) is 5.32 Å². The summed E-state index contributed by atoms with van der Waals surface area (Å²) in [6, 6.07) is 4.59. The number of Topliss-reactive ketones (excluding diaryl/α,β-unsaturated/α-hetero) is 1. The monoisotopic (exact) mass is 325 g/mol. The molecule has 0 aromatic heterocycles. The van der Waals surface area contributed by atoms with Crippen molar-refractivity contribution in [2.45, 2.75) is 25.8 Å². The predicted octanol–water partition coefficient (Wildman–Crippen LogP) is 0.744. The first kappa shape index (κ1) is 16.5. The van der Waals surface area contributed by atoms with E-state index in [1.807, 2.05) is 0 Å². The first-order chi connectivity index (χ1) is 10.3. The number of amides is 1. The quantitative estimate of drug-likeness (QED) is 0.807. The molecule has 1 aliphatic rings. The number of rotatable bonds is 5. The summed E-state index contributed by atoms with van der Waals surface area (Å²) in [4.78, 5) is 23.5. The highest BCUT2D eigenvalue weighted by Crippen LogP contribution is 2.21. The smallest absolute Gasteiger partial charge is 0.224 e. The third kappa shape index (κ3) is 4.07. The summed E-state index contributed by atoms with van der Waals surface area (Å²) < 4.78 is 28.0. The Labute approximate surface area is 129 Å². The van der Waals surface area contributed by atoms with Crippen molar-refractivity contribution < 1.29 is 22.7 Å². The number of hydrogen-bond donors (Lipinski definition) is 1. The van der Waals surface area contributed by atoms with Crippen molar-refractivity contribution in [3.05, 3.63) is 29.3 Å². The van der Waals surface area contributed by atoms with Gasteiger partial charge in [-0.05, 0) is 31.5 Å². The zero-order valence-electron chi connectivity index (χ0n) is 12.6. The summed E-state index contributed by atoms with van der Waals surface area (Å²) in [5.41, 5.74) is 1.11. The van der Waals surface area contributed by atoms with Gasteiger partial charge in [-0.3, -0.25) is 9.59 Å². The average molecular weight is 325 g/mol. The fraction of sp³-hybridized carbons (Fsp3) is 0.467. The van der Waals surface area contributed by atoms with E-state index in [-0.39, 0.29) is 35.7 Å². The van der Waals surface area contributed by atoms with E-state index < -0.39 is 9.84 Å². The Morgan fingerprint density at radius 3 is 2.64 bits per heavy atom. The van der Waals surface area contributed by atoms with Crippen LogP contribution in [0, 0.1) is 0 Å². The minimum absolute atomic E-state index is 0.0106. The molecular weight excluding hydrogens is 306 g/mol. The first-order valence-corrected chi connectivity index (χ1v) is 8.80. The highest BCUT2D eigenvalue weighted by molar-refractivity contribution is 7.91. The third-order valence-electron chi connectivity index (χ3n) is 3.64. The Kier molecular flexibility index (Phi) is 4.85. The summed E-state index contributed by atoms with van der Waals surface area (Å²) in [7, 11) is -1.54. The Bertz CT molecular complexity index is 696. The maximum atomic E-state index is 12.1. The van der Waals surface area contributed by atoms with Crippen LogP contribution in [0.25, 0.3) is 0 Å². The normalized spacial score (nSPS) is 19.6. The van der Waals surface area contributed by atoms with Crippen LogP contribution in [0.3, 0.4) is 0 Å². The number of ether oxygens (including phenoxy) is 1. The van der Waals surface area contributed by atoms with Crippen molar-refractivity contribution in [3.8, 4) is 5.75 Å². The predicted molar refractivity (Wildman–Crippen MR) is 81.9 cm³/mol. The van der Waals surface area contributed by atoms with E-state index in [0.717, 1.165) is 0 Å². The molecule has 1 atom stereocenters. The van der Waals surface area contributed by atoms with Gasteiger partial charge in [-0.2, -0.15) is 0 Å². The number of ketones is 1. The minimum atomic E-state index is -3.03. The zero-order chi connectivity index (χ0) is 16.3. The molecule has 0 aliphatic carbocycles. The molecule has 0 bridgehead atoms. The lowest BCUT2D eigenvalue weighted by molar-refractivity contribution is -0.121. The molecule has 1 amide bonds.